The normalized spacial score (nSPS) is 10.7. The van der Waals surface area contributed by atoms with Crippen LogP contribution < -0.4 is 16.6 Å². The van der Waals surface area contributed by atoms with E-state index in [4.69, 9.17) is 10.7 Å². The maximum absolute atomic E-state index is 12.3. The number of carbonyl (C=O) groups excluding carboxylic acids is 1. The van der Waals surface area contributed by atoms with E-state index >= 15 is 0 Å². The minimum Gasteiger partial charge on any atom is -0.381 e. The average molecular weight is 403 g/mol. The maximum atomic E-state index is 12.3. The van der Waals surface area contributed by atoms with Gasteiger partial charge < -0.3 is 16.0 Å². The zero-order chi connectivity index (χ0) is 21.2. The summed E-state index contributed by atoms with van der Waals surface area (Å²) >= 11 is 0. The molecule has 0 fully saturated rings. The molecule has 30 heavy (non-hydrogen) atoms. The number of hydrazone groups is 1. The molecular weight excluding hydrogens is 378 g/mol. The van der Waals surface area contributed by atoms with Crippen molar-refractivity contribution < 1.29 is 9.63 Å². The van der Waals surface area contributed by atoms with Crippen LogP contribution >= 0.6 is 0 Å². The molecule has 0 saturated carbocycles. The number of hydrogen-bond donors (Lipinski definition) is 3. The standard InChI is InChI=1S/C23H25N5O2/c1-2-17-10-20(12-22(11-17)26-15-19-4-3-9-25-14-19)13-23(29)30-28-21-7-5-18(6-8-21)16-27-24/h3-12,14,16,26,28H,2,13,15,24H2,1H3. The summed E-state index contributed by atoms with van der Waals surface area (Å²) < 4.78 is 0. The van der Waals surface area contributed by atoms with Crippen LogP contribution in [0.3, 0.4) is 0 Å². The Balaban J connectivity index is 1.58. The van der Waals surface area contributed by atoms with Crippen LogP contribution in [0.1, 0.15) is 29.2 Å². The van der Waals surface area contributed by atoms with Gasteiger partial charge in [0.25, 0.3) is 0 Å². The van der Waals surface area contributed by atoms with Crippen LogP contribution in [0.5, 0.6) is 0 Å². The van der Waals surface area contributed by atoms with E-state index in [9.17, 15) is 4.79 Å². The van der Waals surface area contributed by atoms with Gasteiger partial charge in [0.05, 0.1) is 18.3 Å². The number of benzene rings is 2. The number of nitrogens with zero attached hydrogens (tertiary/aromatic N) is 2. The fraction of sp³-hybridized carbons (Fsp3) is 0.174. The third-order valence-corrected chi connectivity index (χ3v) is 4.45. The van der Waals surface area contributed by atoms with E-state index in [1.807, 2.05) is 42.6 Å². The van der Waals surface area contributed by atoms with Crippen LogP contribution in [0.2, 0.25) is 0 Å². The molecule has 0 radical (unpaired) electrons. The number of nitrogens with two attached hydrogens (primary N) is 1. The van der Waals surface area contributed by atoms with Gasteiger partial charge >= 0.3 is 5.97 Å². The lowest BCUT2D eigenvalue weighted by molar-refractivity contribution is -0.139. The number of nitrogens with one attached hydrogen (secondary N) is 2. The van der Waals surface area contributed by atoms with E-state index in [0.717, 1.165) is 34.4 Å². The Hall–Kier alpha value is -3.87. The molecule has 2 aromatic carbocycles. The van der Waals surface area contributed by atoms with Crippen molar-refractivity contribution >= 4 is 23.6 Å². The predicted octanol–water partition coefficient (Wildman–Crippen LogP) is 3.66. The first-order valence-corrected chi connectivity index (χ1v) is 9.71. The Morgan fingerprint density at radius 1 is 1.10 bits per heavy atom. The van der Waals surface area contributed by atoms with Gasteiger partial charge in [-0.2, -0.15) is 5.10 Å². The van der Waals surface area contributed by atoms with Gasteiger partial charge in [-0.15, -0.1) is 0 Å². The Morgan fingerprint density at radius 3 is 2.60 bits per heavy atom. The summed E-state index contributed by atoms with van der Waals surface area (Å²) in [5, 5.41) is 6.86. The fourth-order valence-electron chi connectivity index (χ4n) is 2.92. The van der Waals surface area contributed by atoms with E-state index in [2.05, 4.69) is 33.9 Å². The zero-order valence-electron chi connectivity index (χ0n) is 16.8. The summed E-state index contributed by atoms with van der Waals surface area (Å²) in [6.07, 6.45) is 6.16. The quantitative estimate of drug-likeness (QED) is 0.286. The van der Waals surface area contributed by atoms with Crippen LogP contribution in [-0.2, 0) is 29.0 Å². The van der Waals surface area contributed by atoms with Gasteiger partial charge in [0.15, 0.2) is 0 Å². The first kappa shape index (κ1) is 20.9. The van der Waals surface area contributed by atoms with Crippen LogP contribution in [0, 0.1) is 0 Å². The van der Waals surface area contributed by atoms with Crippen molar-refractivity contribution in [2.24, 2.45) is 10.9 Å². The van der Waals surface area contributed by atoms with E-state index in [1.54, 1.807) is 18.3 Å². The lowest BCUT2D eigenvalue weighted by Crippen LogP contribution is -2.13. The number of carbonyl (C=O) groups is 1. The van der Waals surface area contributed by atoms with Crippen LogP contribution in [0.15, 0.2) is 72.1 Å². The van der Waals surface area contributed by atoms with Gasteiger partial charge in [-0.05, 0) is 59.0 Å². The third kappa shape index (κ3) is 6.34. The topological polar surface area (TPSA) is 102 Å². The van der Waals surface area contributed by atoms with Crippen molar-refractivity contribution in [2.45, 2.75) is 26.3 Å². The monoisotopic (exact) mass is 403 g/mol. The highest BCUT2D eigenvalue weighted by Crippen LogP contribution is 2.18. The Labute approximate surface area is 175 Å². The second kappa shape index (κ2) is 10.6. The Morgan fingerprint density at radius 2 is 1.90 bits per heavy atom. The number of aryl methyl sites for hydroxylation is 1. The molecule has 4 N–H and O–H groups in total. The van der Waals surface area contributed by atoms with Crippen molar-refractivity contribution in [3.05, 3.63) is 89.2 Å². The highest BCUT2D eigenvalue weighted by atomic mass is 16.7. The van der Waals surface area contributed by atoms with Crippen LogP contribution in [0.4, 0.5) is 11.4 Å². The molecule has 0 amide bonds. The highest BCUT2D eigenvalue weighted by Gasteiger charge is 2.08. The van der Waals surface area contributed by atoms with Crippen LogP contribution in [0.25, 0.3) is 0 Å². The van der Waals surface area contributed by atoms with Crippen molar-refractivity contribution in [2.75, 3.05) is 10.8 Å². The molecular formula is C23H25N5O2. The second-order valence-electron chi connectivity index (χ2n) is 6.76. The van der Waals surface area contributed by atoms with Crippen molar-refractivity contribution in [1.82, 2.24) is 4.98 Å². The lowest BCUT2D eigenvalue weighted by Gasteiger charge is -2.12. The number of pyridine rings is 1. The molecule has 0 aliphatic carbocycles. The number of aromatic nitrogens is 1. The minimum absolute atomic E-state index is 0.167. The summed E-state index contributed by atoms with van der Waals surface area (Å²) in [4.78, 5) is 21.6. The van der Waals surface area contributed by atoms with Gasteiger partial charge in [0.1, 0.15) is 0 Å². The lowest BCUT2D eigenvalue weighted by atomic mass is 10.0. The van der Waals surface area contributed by atoms with Gasteiger partial charge in [-0.3, -0.25) is 4.98 Å². The highest BCUT2D eigenvalue weighted by molar-refractivity contribution is 5.80. The molecule has 7 nitrogen and oxygen atoms in total. The summed E-state index contributed by atoms with van der Waals surface area (Å²) in [6.45, 7) is 2.75. The fourth-order valence-corrected chi connectivity index (χ4v) is 2.92. The Bertz CT molecular complexity index is 988. The van der Waals surface area contributed by atoms with Gasteiger partial charge in [-0.25, -0.2) is 10.3 Å². The van der Waals surface area contributed by atoms with Crippen molar-refractivity contribution in [3.63, 3.8) is 0 Å². The van der Waals surface area contributed by atoms with Gasteiger partial charge in [-0.1, -0.05) is 31.2 Å². The minimum atomic E-state index is -0.367. The molecule has 0 aliphatic heterocycles. The first-order chi connectivity index (χ1) is 14.7. The second-order valence-corrected chi connectivity index (χ2v) is 6.76. The van der Waals surface area contributed by atoms with Gasteiger partial charge in [0, 0.05) is 24.6 Å². The van der Waals surface area contributed by atoms with E-state index < -0.39 is 0 Å². The zero-order valence-corrected chi connectivity index (χ0v) is 16.8. The molecule has 0 saturated heterocycles. The molecule has 3 aromatic rings. The number of anilines is 2. The van der Waals surface area contributed by atoms with Crippen LogP contribution in [-0.4, -0.2) is 17.2 Å². The smallest absolute Gasteiger partial charge is 0.336 e. The van der Waals surface area contributed by atoms with Crippen molar-refractivity contribution in [3.8, 4) is 0 Å². The predicted molar refractivity (Wildman–Crippen MR) is 119 cm³/mol. The first-order valence-electron chi connectivity index (χ1n) is 9.71. The molecule has 0 bridgehead atoms. The summed E-state index contributed by atoms with van der Waals surface area (Å²) in [6, 6.07) is 17.2. The van der Waals surface area contributed by atoms with E-state index in [-0.39, 0.29) is 12.4 Å². The SMILES string of the molecule is CCc1cc(CC(=O)ONc2ccc(C=NN)cc2)cc(NCc2cccnc2)c1. The molecule has 0 spiro atoms. The van der Waals surface area contributed by atoms with E-state index in [1.165, 1.54) is 6.21 Å². The molecule has 0 aliphatic rings. The van der Waals surface area contributed by atoms with E-state index in [0.29, 0.717) is 12.2 Å². The summed E-state index contributed by atoms with van der Waals surface area (Å²) in [5.74, 6) is 4.76. The largest absolute Gasteiger partial charge is 0.381 e. The van der Waals surface area contributed by atoms with Crippen molar-refractivity contribution in [1.29, 1.82) is 0 Å². The summed E-state index contributed by atoms with van der Waals surface area (Å²) in [5.41, 5.74) is 8.30. The maximum Gasteiger partial charge on any atom is 0.336 e. The number of rotatable bonds is 9. The van der Waals surface area contributed by atoms with Gasteiger partial charge in [0.2, 0.25) is 0 Å². The molecule has 3 rings (SSSR count). The third-order valence-electron chi connectivity index (χ3n) is 4.45. The molecule has 0 atom stereocenters. The molecule has 7 heteroatoms. The molecule has 0 unspecified atom stereocenters. The molecule has 1 aromatic heterocycles. The molecule has 154 valence electrons. The number of hydrogen-bond acceptors (Lipinski definition) is 7. The molecule has 1 heterocycles. The Kier molecular flexibility index (Phi) is 7.38. The summed E-state index contributed by atoms with van der Waals surface area (Å²) in [7, 11) is 0. The average Bonchev–Trinajstić information content (AvgIpc) is 2.78.